The lowest BCUT2D eigenvalue weighted by molar-refractivity contribution is 0.406. The molecule has 4 nitrogen and oxygen atoms in total. The highest BCUT2D eigenvalue weighted by Gasteiger charge is 2.14. The molecular weight excluding hydrogens is 238 g/mol. The van der Waals surface area contributed by atoms with E-state index in [9.17, 15) is 0 Å². The van der Waals surface area contributed by atoms with E-state index in [4.69, 9.17) is 4.74 Å². The summed E-state index contributed by atoms with van der Waals surface area (Å²) in [6.45, 7) is 9.87. The minimum Gasteiger partial charge on any atom is -0.496 e. The molecule has 1 aromatic carbocycles. The van der Waals surface area contributed by atoms with Gasteiger partial charge in [0.15, 0.2) is 0 Å². The second kappa shape index (κ2) is 7.36. The number of nitrogens with one attached hydrogen (secondary N) is 1. The van der Waals surface area contributed by atoms with Gasteiger partial charge in [0.25, 0.3) is 0 Å². The van der Waals surface area contributed by atoms with Crippen LogP contribution in [0.1, 0.15) is 37.8 Å². The van der Waals surface area contributed by atoms with Crippen LogP contribution in [0.5, 0.6) is 5.75 Å². The largest absolute Gasteiger partial charge is 0.496 e. The van der Waals surface area contributed by atoms with E-state index in [0.29, 0.717) is 11.6 Å². The molecule has 0 heterocycles. The van der Waals surface area contributed by atoms with Gasteiger partial charge in [-0.15, -0.1) is 0 Å². The first-order valence-corrected chi connectivity index (χ1v) is 6.25. The lowest BCUT2D eigenvalue weighted by Gasteiger charge is -2.15. The average molecular weight is 259 g/mol. The fraction of sp³-hybridized carbons (Fsp3) is 0.333. The van der Waals surface area contributed by atoms with E-state index in [1.54, 1.807) is 19.4 Å². The second-order valence-corrected chi connectivity index (χ2v) is 4.27. The highest BCUT2D eigenvalue weighted by Crippen LogP contribution is 2.30. The minimum absolute atomic E-state index is 0.377. The Balaban J connectivity index is 3.27. The maximum Gasteiger partial charge on any atom is 0.131 e. The van der Waals surface area contributed by atoms with Crippen molar-refractivity contribution in [1.29, 1.82) is 0 Å². The van der Waals surface area contributed by atoms with Gasteiger partial charge in [0.1, 0.15) is 5.75 Å². The van der Waals surface area contributed by atoms with E-state index in [2.05, 4.69) is 42.2 Å². The summed E-state index contributed by atoms with van der Waals surface area (Å²) >= 11 is 0. The Bertz CT molecular complexity index is 490. The molecule has 1 aromatic rings. The molecule has 0 aromatic heterocycles. The molecule has 0 bridgehead atoms. The van der Waals surface area contributed by atoms with Crippen LogP contribution in [0.2, 0.25) is 0 Å². The number of hydrogen-bond donors (Lipinski definition) is 1. The maximum atomic E-state index is 5.53. The molecular formula is C15H21N3O. The Kier molecular flexibility index (Phi) is 5.79. The van der Waals surface area contributed by atoms with Crippen LogP contribution in [0.25, 0.3) is 0 Å². The number of para-hydroxylation sites is 1. The van der Waals surface area contributed by atoms with Gasteiger partial charge in [-0.3, -0.25) is 0 Å². The highest BCUT2D eigenvalue weighted by molar-refractivity contribution is 6.10. The molecule has 0 unspecified atom stereocenters. The SMILES string of the molecule is C=C/C(=N\N/N=C/C)c1cccc(C(C)C)c1OC. The molecule has 1 rings (SSSR count). The lowest BCUT2D eigenvalue weighted by atomic mass is 9.97. The Morgan fingerprint density at radius 1 is 1.42 bits per heavy atom. The van der Waals surface area contributed by atoms with E-state index in [-0.39, 0.29) is 0 Å². The van der Waals surface area contributed by atoms with Gasteiger partial charge in [-0.1, -0.05) is 32.6 Å². The Morgan fingerprint density at radius 2 is 2.16 bits per heavy atom. The maximum absolute atomic E-state index is 5.53. The topological polar surface area (TPSA) is 46.0 Å². The zero-order valence-electron chi connectivity index (χ0n) is 12.0. The Labute approximate surface area is 114 Å². The number of hydrogen-bond acceptors (Lipinski definition) is 4. The molecule has 1 N–H and O–H groups in total. The summed E-state index contributed by atoms with van der Waals surface area (Å²) in [7, 11) is 1.67. The normalized spacial score (nSPS) is 11.9. The predicted molar refractivity (Wildman–Crippen MR) is 81.1 cm³/mol. The van der Waals surface area contributed by atoms with Crippen molar-refractivity contribution >= 4 is 11.9 Å². The summed E-state index contributed by atoms with van der Waals surface area (Å²) < 4.78 is 5.53. The number of methoxy groups -OCH3 is 1. The molecule has 0 aliphatic heterocycles. The van der Waals surface area contributed by atoms with Gasteiger partial charge >= 0.3 is 0 Å². The summed E-state index contributed by atoms with van der Waals surface area (Å²) in [5.74, 6) is 1.21. The summed E-state index contributed by atoms with van der Waals surface area (Å²) in [5.41, 5.74) is 5.37. The van der Waals surface area contributed by atoms with Crippen molar-refractivity contribution in [3.05, 3.63) is 42.0 Å². The van der Waals surface area contributed by atoms with Gasteiger partial charge in [-0.25, -0.2) is 0 Å². The van der Waals surface area contributed by atoms with Crippen molar-refractivity contribution in [2.45, 2.75) is 26.7 Å². The zero-order valence-corrected chi connectivity index (χ0v) is 12.0. The summed E-state index contributed by atoms with van der Waals surface area (Å²) in [5, 5.41) is 8.03. The standard InChI is InChI=1S/C15H21N3O/c1-6-14(17-18-16-7-2)13-10-8-9-12(11(3)4)15(13)19-5/h6-11,18H,1H2,2-5H3/b16-7+,17-14+. The average Bonchev–Trinajstić information content (AvgIpc) is 2.42. The number of rotatable bonds is 6. The molecule has 0 aliphatic rings. The van der Waals surface area contributed by atoms with Gasteiger partial charge < -0.3 is 4.74 Å². The van der Waals surface area contributed by atoms with E-state index in [1.165, 1.54) is 0 Å². The summed E-state index contributed by atoms with van der Waals surface area (Å²) in [6.07, 6.45) is 3.31. The van der Waals surface area contributed by atoms with Crippen LogP contribution in [-0.2, 0) is 0 Å². The van der Waals surface area contributed by atoms with Crippen LogP contribution in [0.3, 0.4) is 0 Å². The van der Waals surface area contributed by atoms with Crippen LogP contribution >= 0.6 is 0 Å². The molecule has 0 saturated heterocycles. The monoisotopic (exact) mass is 259 g/mol. The molecule has 0 amide bonds. The number of allylic oxidation sites excluding steroid dienone is 1. The van der Waals surface area contributed by atoms with Crippen molar-refractivity contribution in [3.8, 4) is 5.75 Å². The summed E-state index contributed by atoms with van der Waals surface area (Å²) in [6, 6.07) is 6.02. The Morgan fingerprint density at radius 3 is 2.68 bits per heavy atom. The van der Waals surface area contributed by atoms with E-state index in [0.717, 1.165) is 16.9 Å². The van der Waals surface area contributed by atoms with Crippen molar-refractivity contribution in [2.24, 2.45) is 10.2 Å². The highest BCUT2D eigenvalue weighted by atomic mass is 16.5. The van der Waals surface area contributed by atoms with Crippen LogP contribution in [0.4, 0.5) is 0 Å². The fourth-order valence-corrected chi connectivity index (χ4v) is 1.80. The smallest absolute Gasteiger partial charge is 0.131 e. The van der Waals surface area contributed by atoms with Crippen molar-refractivity contribution in [2.75, 3.05) is 7.11 Å². The zero-order chi connectivity index (χ0) is 14.3. The molecule has 0 saturated carbocycles. The molecule has 102 valence electrons. The number of nitrogens with zero attached hydrogens (tertiary/aromatic N) is 2. The van der Waals surface area contributed by atoms with Gasteiger partial charge in [0.2, 0.25) is 0 Å². The van der Waals surface area contributed by atoms with Crippen LogP contribution in [0, 0.1) is 0 Å². The fourth-order valence-electron chi connectivity index (χ4n) is 1.80. The van der Waals surface area contributed by atoms with E-state index < -0.39 is 0 Å². The van der Waals surface area contributed by atoms with E-state index in [1.807, 2.05) is 19.1 Å². The third-order valence-corrected chi connectivity index (χ3v) is 2.70. The Hall–Kier alpha value is -2.10. The van der Waals surface area contributed by atoms with Crippen molar-refractivity contribution < 1.29 is 4.74 Å². The number of benzene rings is 1. The van der Waals surface area contributed by atoms with Gasteiger partial charge in [0, 0.05) is 11.8 Å². The lowest BCUT2D eigenvalue weighted by Crippen LogP contribution is -2.08. The van der Waals surface area contributed by atoms with Gasteiger partial charge in [-0.05, 0) is 30.5 Å². The predicted octanol–water partition coefficient (Wildman–Crippen LogP) is 3.30. The molecule has 4 heteroatoms. The summed E-state index contributed by atoms with van der Waals surface area (Å²) in [4.78, 5) is 0. The first-order valence-electron chi connectivity index (χ1n) is 6.25. The molecule has 19 heavy (non-hydrogen) atoms. The molecule has 0 radical (unpaired) electrons. The third kappa shape index (κ3) is 3.68. The van der Waals surface area contributed by atoms with Crippen LogP contribution in [-0.4, -0.2) is 19.0 Å². The third-order valence-electron chi connectivity index (χ3n) is 2.70. The first kappa shape index (κ1) is 15.0. The minimum atomic E-state index is 0.377. The molecule has 0 atom stereocenters. The van der Waals surface area contributed by atoms with Gasteiger partial charge in [-0.2, -0.15) is 15.7 Å². The number of hydrazone groups is 2. The van der Waals surface area contributed by atoms with Crippen LogP contribution in [0.15, 0.2) is 41.1 Å². The molecule has 0 spiro atoms. The molecule has 0 aliphatic carbocycles. The molecule has 0 fully saturated rings. The van der Waals surface area contributed by atoms with Crippen LogP contribution < -0.4 is 10.3 Å². The van der Waals surface area contributed by atoms with Gasteiger partial charge in [0.05, 0.1) is 12.8 Å². The second-order valence-electron chi connectivity index (χ2n) is 4.27. The van der Waals surface area contributed by atoms with Crippen molar-refractivity contribution in [3.63, 3.8) is 0 Å². The number of ether oxygens (including phenoxy) is 1. The quantitative estimate of drug-likeness (QED) is 0.629. The first-order chi connectivity index (χ1) is 9.15. The van der Waals surface area contributed by atoms with Crippen molar-refractivity contribution in [1.82, 2.24) is 5.53 Å². The van der Waals surface area contributed by atoms with E-state index >= 15 is 0 Å².